The average Bonchev–Trinajstić information content (AvgIpc) is 2.80. The minimum atomic E-state index is 0.463. The molecule has 3 aromatic rings. The quantitative estimate of drug-likeness (QED) is 0.674. The van der Waals surface area contributed by atoms with Crippen molar-refractivity contribution in [3.8, 4) is 5.82 Å². The maximum absolute atomic E-state index is 6.02. The van der Waals surface area contributed by atoms with Crippen molar-refractivity contribution in [2.45, 2.75) is 33.1 Å². The van der Waals surface area contributed by atoms with E-state index in [4.69, 9.17) is 11.6 Å². The molecule has 21 heavy (non-hydrogen) atoms. The van der Waals surface area contributed by atoms with E-state index in [9.17, 15) is 0 Å². The van der Waals surface area contributed by atoms with Crippen molar-refractivity contribution >= 4 is 22.4 Å². The Hall–Kier alpha value is -1.87. The second kappa shape index (κ2) is 5.49. The first kappa shape index (κ1) is 14.1. The van der Waals surface area contributed by atoms with Crippen LogP contribution in [-0.4, -0.2) is 14.8 Å². The molecule has 0 spiro atoms. The fraction of sp³-hybridized carbons (Fsp3) is 0.294. The fourth-order valence-electron chi connectivity index (χ4n) is 2.90. The molecule has 0 N–H and O–H groups in total. The van der Waals surface area contributed by atoms with Crippen LogP contribution in [0.4, 0.5) is 0 Å². The molecule has 3 rings (SSSR count). The molecule has 0 saturated carbocycles. The van der Waals surface area contributed by atoms with Crippen LogP contribution in [0.25, 0.3) is 16.6 Å². The van der Waals surface area contributed by atoms with E-state index < -0.39 is 0 Å². The molecule has 0 aliphatic carbocycles. The molecule has 0 atom stereocenters. The van der Waals surface area contributed by atoms with Gasteiger partial charge >= 0.3 is 0 Å². The van der Waals surface area contributed by atoms with Crippen molar-refractivity contribution < 1.29 is 0 Å². The van der Waals surface area contributed by atoms with Crippen molar-refractivity contribution in [2.24, 2.45) is 0 Å². The van der Waals surface area contributed by atoms with Gasteiger partial charge in [0.15, 0.2) is 5.82 Å². The molecule has 4 heteroatoms. The number of aryl methyl sites for hydroxylation is 1. The van der Waals surface area contributed by atoms with E-state index >= 15 is 0 Å². The van der Waals surface area contributed by atoms with Crippen LogP contribution >= 0.6 is 11.6 Å². The summed E-state index contributed by atoms with van der Waals surface area (Å²) in [5.41, 5.74) is 4.57. The molecular formula is C17H18ClN3. The number of nitrogens with zero attached hydrogens (tertiary/aromatic N) is 3. The van der Waals surface area contributed by atoms with Crippen molar-refractivity contribution in [1.29, 1.82) is 0 Å². The lowest BCUT2D eigenvalue weighted by molar-refractivity contribution is 0.812. The predicted molar refractivity (Wildman–Crippen MR) is 87.3 cm³/mol. The summed E-state index contributed by atoms with van der Waals surface area (Å²) in [7, 11) is 0. The van der Waals surface area contributed by atoms with Gasteiger partial charge in [-0.3, -0.25) is 0 Å². The third kappa shape index (κ3) is 2.22. The molecular weight excluding hydrogens is 282 g/mol. The predicted octanol–water partition coefficient (Wildman–Crippen LogP) is 4.34. The number of alkyl halides is 1. The summed E-state index contributed by atoms with van der Waals surface area (Å²) in [5, 5.41) is 6.91. The topological polar surface area (TPSA) is 30.7 Å². The molecule has 2 heterocycles. The van der Waals surface area contributed by atoms with Crippen LogP contribution in [0.15, 0.2) is 30.5 Å². The first-order chi connectivity index (χ1) is 10.2. The maximum Gasteiger partial charge on any atom is 0.161 e. The second-order valence-electron chi connectivity index (χ2n) is 5.20. The molecule has 0 aliphatic heterocycles. The fourth-order valence-corrected chi connectivity index (χ4v) is 3.12. The monoisotopic (exact) mass is 299 g/mol. The third-order valence-electron chi connectivity index (χ3n) is 4.00. The molecule has 108 valence electrons. The minimum Gasteiger partial charge on any atom is -0.236 e. The number of rotatable bonds is 3. The highest BCUT2D eigenvalue weighted by Gasteiger charge is 2.15. The van der Waals surface area contributed by atoms with E-state index in [0.717, 1.165) is 40.0 Å². The Morgan fingerprint density at radius 3 is 2.48 bits per heavy atom. The van der Waals surface area contributed by atoms with E-state index in [1.54, 1.807) is 0 Å². The van der Waals surface area contributed by atoms with Gasteiger partial charge in [-0.25, -0.2) is 9.67 Å². The van der Waals surface area contributed by atoms with Gasteiger partial charge in [-0.2, -0.15) is 5.10 Å². The Labute approximate surface area is 129 Å². The van der Waals surface area contributed by atoms with Gasteiger partial charge in [-0.15, -0.1) is 11.6 Å². The number of fused-ring (bicyclic) bond motifs is 1. The highest BCUT2D eigenvalue weighted by atomic mass is 35.5. The minimum absolute atomic E-state index is 0.463. The molecule has 0 unspecified atom stereocenters. The summed E-state index contributed by atoms with van der Waals surface area (Å²) in [4.78, 5) is 4.61. The third-order valence-corrected chi connectivity index (χ3v) is 4.28. The normalized spacial score (nSPS) is 11.2. The lowest BCUT2D eigenvalue weighted by Crippen LogP contribution is -2.04. The van der Waals surface area contributed by atoms with Gasteiger partial charge in [0, 0.05) is 23.2 Å². The number of pyridine rings is 1. The van der Waals surface area contributed by atoms with Gasteiger partial charge < -0.3 is 0 Å². The number of aromatic nitrogens is 3. The van der Waals surface area contributed by atoms with Crippen LogP contribution in [0.1, 0.15) is 29.4 Å². The molecule has 0 radical (unpaired) electrons. The lowest BCUT2D eigenvalue weighted by atomic mass is 10.1. The number of hydrogen-bond donors (Lipinski definition) is 0. The van der Waals surface area contributed by atoms with Crippen molar-refractivity contribution in [2.75, 3.05) is 0 Å². The van der Waals surface area contributed by atoms with Gasteiger partial charge in [0.1, 0.15) is 0 Å². The molecule has 0 bridgehead atoms. The van der Waals surface area contributed by atoms with Crippen molar-refractivity contribution in [3.05, 3.63) is 53.0 Å². The van der Waals surface area contributed by atoms with Crippen LogP contribution in [0.3, 0.4) is 0 Å². The lowest BCUT2D eigenvalue weighted by Gasteiger charge is -2.10. The van der Waals surface area contributed by atoms with Crippen molar-refractivity contribution in [3.63, 3.8) is 0 Å². The van der Waals surface area contributed by atoms with Crippen molar-refractivity contribution in [1.82, 2.24) is 14.8 Å². The van der Waals surface area contributed by atoms with E-state index in [1.165, 1.54) is 5.56 Å². The summed E-state index contributed by atoms with van der Waals surface area (Å²) >= 11 is 6.02. The zero-order valence-electron chi connectivity index (χ0n) is 12.5. The maximum atomic E-state index is 6.02. The van der Waals surface area contributed by atoms with E-state index in [1.807, 2.05) is 23.0 Å². The molecule has 0 saturated heterocycles. The Morgan fingerprint density at radius 2 is 1.86 bits per heavy atom. The molecule has 0 amide bonds. The first-order valence-corrected chi connectivity index (χ1v) is 7.68. The Bertz CT molecular complexity index is 805. The van der Waals surface area contributed by atoms with Gasteiger partial charge in [0.05, 0.1) is 5.69 Å². The Morgan fingerprint density at radius 1 is 1.14 bits per heavy atom. The molecule has 1 aromatic carbocycles. The average molecular weight is 300 g/mol. The van der Waals surface area contributed by atoms with E-state index in [2.05, 4.69) is 43.0 Å². The molecule has 0 fully saturated rings. The van der Waals surface area contributed by atoms with Crippen LogP contribution in [0.2, 0.25) is 0 Å². The van der Waals surface area contributed by atoms with Gasteiger partial charge in [-0.1, -0.05) is 31.2 Å². The molecule has 3 nitrogen and oxygen atoms in total. The van der Waals surface area contributed by atoms with Gasteiger partial charge in [0.25, 0.3) is 0 Å². The Balaban J connectivity index is 2.31. The summed E-state index contributed by atoms with van der Waals surface area (Å²) in [6, 6.07) is 8.22. The van der Waals surface area contributed by atoms with E-state index in [-0.39, 0.29) is 0 Å². The summed E-state index contributed by atoms with van der Waals surface area (Å²) in [6.45, 7) is 6.31. The Kier molecular flexibility index (Phi) is 3.68. The van der Waals surface area contributed by atoms with E-state index in [0.29, 0.717) is 5.88 Å². The van der Waals surface area contributed by atoms with Crippen LogP contribution in [-0.2, 0) is 12.3 Å². The summed E-state index contributed by atoms with van der Waals surface area (Å²) in [5.74, 6) is 1.34. The zero-order chi connectivity index (χ0) is 15.0. The highest BCUT2D eigenvalue weighted by Crippen LogP contribution is 2.26. The number of hydrogen-bond acceptors (Lipinski definition) is 2. The molecule has 2 aromatic heterocycles. The van der Waals surface area contributed by atoms with Crippen LogP contribution in [0, 0.1) is 13.8 Å². The zero-order valence-corrected chi connectivity index (χ0v) is 13.3. The second-order valence-corrected chi connectivity index (χ2v) is 5.47. The number of benzene rings is 1. The largest absolute Gasteiger partial charge is 0.236 e. The number of halogens is 1. The van der Waals surface area contributed by atoms with Gasteiger partial charge in [-0.05, 0) is 36.8 Å². The van der Waals surface area contributed by atoms with Gasteiger partial charge in [0.2, 0.25) is 0 Å². The SMILES string of the molecule is CCc1c(C)nn(-c2ncc(CCl)c3ccccc23)c1C. The summed E-state index contributed by atoms with van der Waals surface area (Å²) < 4.78 is 1.95. The smallest absolute Gasteiger partial charge is 0.161 e. The van der Waals surface area contributed by atoms with Crippen LogP contribution < -0.4 is 0 Å². The first-order valence-electron chi connectivity index (χ1n) is 7.15. The summed E-state index contributed by atoms with van der Waals surface area (Å²) in [6.07, 6.45) is 2.84. The molecule has 0 aliphatic rings. The standard InChI is InChI=1S/C17H18ClN3/c1-4-14-11(2)20-21(12(14)3)17-16-8-6-5-7-15(16)13(9-18)10-19-17/h5-8,10H,4,9H2,1-3H3. The highest BCUT2D eigenvalue weighted by molar-refractivity contribution is 6.18. The van der Waals surface area contributed by atoms with Crippen LogP contribution in [0.5, 0.6) is 0 Å².